The Morgan fingerprint density at radius 3 is 2.44 bits per heavy atom. The Kier molecular flexibility index (Phi) is 4.42. The van der Waals surface area contributed by atoms with Crippen molar-refractivity contribution in [1.29, 1.82) is 0 Å². The van der Waals surface area contributed by atoms with Crippen LogP contribution in [0.15, 0.2) is 0 Å². The number of hydrogen-bond donors (Lipinski definition) is 2. The maximum Gasteiger partial charge on any atom is 0.0173 e. The van der Waals surface area contributed by atoms with Gasteiger partial charge >= 0.3 is 0 Å². The maximum absolute atomic E-state index is 6.36. The summed E-state index contributed by atoms with van der Waals surface area (Å²) >= 11 is 0. The molecular weight excluding hydrogens is 196 g/mol. The lowest BCUT2D eigenvalue weighted by Gasteiger charge is -2.50. The molecule has 0 amide bonds. The minimum atomic E-state index is 0.176. The van der Waals surface area contributed by atoms with E-state index in [0.717, 1.165) is 0 Å². The van der Waals surface area contributed by atoms with Crippen molar-refractivity contribution in [2.45, 2.75) is 83.8 Å². The van der Waals surface area contributed by atoms with Crippen molar-refractivity contribution in [3.63, 3.8) is 0 Å². The Bertz CT molecular complexity index is 221. The highest BCUT2D eigenvalue weighted by Crippen LogP contribution is 2.35. The van der Waals surface area contributed by atoms with Crippen LogP contribution in [0.3, 0.4) is 0 Å². The van der Waals surface area contributed by atoms with Crippen molar-refractivity contribution in [3.8, 4) is 0 Å². The monoisotopic (exact) mass is 226 g/mol. The summed E-state index contributed by atoms with van der Waals surface area (Å²) in [6.07, 6.45) is 6.18. The first-order valence-corrected chi connectivity index (χ1v) is 6.83. The van der Waals surface area contributed by atoms with Crippen LogP contribution in [0.4, 0.5) is 0 Å². The van der Waals surface area contributed by atoms with E-state index >= 15 is 0 Å². The molecule has 1 heterocycles. The molecule has 0 aromatic rings. The van der Waals surface area contributed by atoms with Crippen LogP contribution in [0.1, 0.15) is 66.7 Å². The van der Waals surface area contributed by atoms with Crippen LogP contribution in [0.25, 0.3) is 0 Å². The third-order valence-electron chi connectivity index (χ3n) is 4.08. The summed E-state index contributed by atoms with van der Waals surface area (Å²) in [5.41, 5.74) is 6.80. The van der Waals surface area contributed by atoms with Gasteiger partial charge in [-0.25, -0.2) is 0 Å². The molecule has 0 aromatic heterocycles. The van der Waals surface area contributed by atoms with Crippen LogP contribution in [-0.2, 0) is 0 Å². The third kappa shape index (κ3) is 3.46. The van der Waals surface area contributed by atoms with Gasteiger partial charge in [-0.05, 0) is 52.9 Å². The van der Waals surface area contributed by atoms with E-state index in [-0.39, 0.29) is 11.1 Å². The van der Waals surface area contributed by atoms with Gasteiger partial charge in [0.1, 0.15) is 0 Å². The van der Waals surface area contributed by atoms with E-state index in [2.05, 4.69) is 39.9 Å². The number of rotatable bonds is 4. The molecule has 0 aliphatic carbocycles. The largest absolute Gasteiger partial charge is 0.327 e. The Labute approximate surface area is 101 Å². The Morgan fingerprint density at radius 1 is 1.31 bits per heavy atom. The predicted octanol–water partition coefficient (Wildman–Crippen LogP) is 3.06. The standard InChI is InChI=1S/C14H30N2/c1-6-7-8-12(15)11-9-10-13(2,3)16-14(11,4)5/h11-12,16H,6-10,15H2,1-5H3. The van der Waals surface area contributed by atoms with E-state index in [1.165, 1.54) is 32.1 Å². The molecule has 2 heteroatoms. The van der Waals surface area contributed by atoms with E-state index in [0.29, 0.717) is 12.0 Å². The SMILES string of the molecule is CCCCC(N)C1CCC(C)(C)NC1(C)C. The molecular formula is C14H30N2. The molecule has 2 nitrogen and oxygen atoms in total. The highest BCUT2D eigenvalue weighted by Gasteiger charge is 2.41. The average molecular weight is 226 g/mol. The summed E-state index contributed by atoms with van der Waals surface area (Å²) in [7, 11) is 0. The second-order valence-corrected chi connectivity index (χ2v) is 6.68. The molecule has 1 rings (SSSR count). The highest BCUT2D eigenvalue weighted by atomic mass is 15.1. The molecule has 1 fully saturated rings. The van der Waals surface area contributed by atoms with Crippen molar-refractivity contribution < 1.29 is 0 Å². The first kappa shape index (κ1) is 14.0. The quantitative estimate of drug-likeness (QED) is 0.773. The maximum atomic E-state index is 6.36. The van der Waals surface area contributed by atoms with E-state index in [9.17, 15) is 0 Å². The van der Waals surface area contributed by atoms with Crippen LogP contribution in [-0.4, -0.2) is 17.1 Å². The first-order valence-electron chi connectivity index (χ1n) is 6.83. The summed E-state index contributed by atoms with van der Waals surface area (Å²) < 4.78 is 0. The van der Waals surface area contributed by atoms with Gasteiger partial charge in [-0.3, -0.25) is 0 Å². The fraction of sp³-hybridized carbons (Fsp3) is 1.00. The molecule has 0 bridgehead atoms. The first-order chi connectivity index (χ1) is 7.28. The lowest BCUT2D eigenvalue weighted by molar-refractivity contribution is 0.0913. The number of nitrogens with one attached hydrogen (secondary N) is 1. The summed E-state index contributed by atoms with van der Waals surface area (Å²) in [6, 6.07) is 0.360. The number of hydrogen-bond acceptors (Lipinski definition) is 2. The van der Waals surface area contributed by atoms with Crippen molar-refractivity contribution in [2.24, 2.45) is 11.7 Å². The van der Waals surface area contributed by atoms with E-state index < -0.39 is 0 Å². The molecule has 0 saturated carbocycles. The van der Waals surface area contributed by atoms with Crippen LogP contribution in [0.5, 0.6) is 0 Å². The van der Waals surface area contributed by atoms with Gasteiger partial charge in [0.15, 0.2) is 0 Å². The molecule has 16 heavy (non-hydrogen) atoms. The fourth-order valence-corrected chi connectivity index (χ4v) is 3.29. The smallest absolute Gasteiger partial charge is 0.0173 e. The Balaban J connectivity index is 2.60. The van der Waals surface area contributed by atoms with Crippen molar-refractivity contribution in [3.05, 3.63) is 0 Å². The van der Waals surface area contributed by atoms with Gasteiger partial charge in [0.2, 0.25) is 0 Å². The van der Waals surface area contributed by atoms with Crippen LogP contribution in [0, 0.1) is 5.92 Å². The summed E-state index contributed by atoms with van der Waals surface area (Å²) in [6.45, 7) is 11.4. The van der Waals surface area contributed by atoms with Gasteiger partial charge in [-0.15, -0.1) is 0 Å². The van der Waals surface area contributed by atoms with Gasteiger partial charge in [0.25, 0.3) is 0 Å². The number of unbranched alkanes of at least 4 members (excludes halogenated alkanes) is 1. The van der Waals surface area contributed by atoms with Crippen LogP contribution < -0.4 is 11.1 Å². The minimum Gasteiger partial charge on any atom is -0.327 e. The molecule has 2 unspecified atom stereocenters. The van der Waals surface area contributed by atoms with E-state index in [1.54, 1.807) is 0 Å². The Hall–Kier alpha value is -0.0800. The van der Waals surface area contributed by atoms with E-state index in [1.807, 2.05) is 0 Å². The van der Waals surface area contributed by atoms with Gasteiger partial charge in [0, 0.05) is 17.1 Å². The second-order valence-electron chi connectivity index (χ2n) is 6.68. The molecule has 0 spiro atoms. The van der Waals surface area contributed by atoms with Gasteiger partial charge < -0.3 is 11.1 Å². The number of nitrogens with two attached hydrogens (primary N) is 1. The normalized spacial score (nSPS) is 30.0. The zero-order chi connectivity index (χ0) is 12.4. The molecule has 96 valence electrons. The van der Waals surface area contributed by atoms with Gasteiger partial charge in [0.05, 0.1) is 0 Å². The van der Waals surface area contributed by atoms with Crippen LogP contribution in [0.2, 0.25) is 0 Å². The van der Waals surface area contributed by atoms with Crippen molar-refractivity contribution >= 4 is 0 Å². The van der Waals surface area contributed by atoms with E-state index in [4.69, 9.17) is 5.73 Å². The fourth-order valence-electron chi connectivity index (χ4n) is 3.29. The molecule has 0 radical (unpaired) electrons. The van der Waals surface area contributed by atoms with Gasteiger partial charge in [-0.1, -0.05) is 19.8 Å². The lowest BCUT2D eigenvalue weighted by atomic mass is 9.70. The summed E-state index contributed by atoms with van der Waals surface area (Å²) in [4.78, 5) is 0. The molecule has 2 atom stereocenters. The highest BCUT2D eigenvalue weighted by molar-refractivity contribution is 5.01. The molecule has 1 aliphatic heterocycles. The average Bonchev–Trinajstić information content (AvgIpc) is 2.11. The molecule has 0 aromatic carbocycles. The second kappa shape index (κ2) is 5.05. The third-order valence-corrected chi connectivity index (χ3v) is 4.08. The lowest BCUT2D eigenvalue weighted by Crippen LogP contribution is -2.63. The van der Waals surface area contributed by atoms with Crippen LogP contribution >= 0.6 is 0 Å². The minimum absolute atomic E-state index is 0.176. The molecule has 3 N–H and O–H groups in total. The number of piperidine rings is 1. The summed E-state index contributed by atoms with van der Waals surface area (Å²) in [5.74, 6) is 0.618. The Morgan fingerprint density at radius 2 is 1.94 bits per heavy atom. The predicted molar refractivity (Wildman–Crippen MR) is 71.5 cm³/mol. The van der Waals surface area contributed by atoms with Crippen molar-refractivity contribution in [1.82, 2.24) is 5.32 Å². The van der Waals surface area contributed by atoms with Gasteiger partial charge in [-0.2, -0.15) is 0 Å². The molecule has 1 aliphatic rings. The molecule has 1 saturated heterocycles. The topological polar surface area (TPSA) is 38.0 Å². The summed E-state index contributed by atoms with van der Waals surface area (Å²) in [5, 5.41) is 3.76. The zero-order valence-corrected chi connectivity index (χ0v) is 11.8. The van der Waals surface area contributed by atoms with Crippen molar-refractivity contribution in [2.75, 3.05) is 0 Å². The zero-order valence-electron chi connectivity index (χ0n) is 11.8.